The molecule has 0 radical (unpaired) electrons. The number of hydrogen-bond donors (Lipinski definition) is 1. The second-order valence-corrected chi connectivity index (χ2v) is 5.69. The van der Waals surface area contributed by atoms with E-state index in [0.29, 0.717) is 5.69 Å². The number of rotatable bonds is 2. The molecule has 1 N–H and O–H groups in total. The molecule has 2 rings (SSSR count). The molecular formula is C14H18N2O3. The summed E-state index contributed by atoms with van der Waals surface area (Å²) in [5.74, 6) is -1.15. The van der Waals surface area contributed by atoms with Gasteiger partial charge in [-0.05, 0) is 30.4 Å². The highest BCUT2D eigenvalue weighted by Crippen LogP contribution is 2.30. The molecule has 1 aromatic heterocycles. The molecule has 0 spiro atoms. The van der Waals surface area contributed by atoms with Gasteiger partial charge < -0.3 is 10.0 Å². The third-order valence-corrected chi connectivity index (χ3v) is 3.63. The molecule has 5 nitrogen and oxygen atoms in total. The minimum atomic E-state index is -1.04. The van der Waals surface area contributed by atoms with Gasteiger partial charge in [-0.2, -0.15) is 0 Å². The molecule has 5 heteroatoms. The molecule has 0 bridgehead atoms. The maximum Gasteiger partial charge on any atom is 0.337 e. The second kappa shape index (κ2) is 4.99. The molecule has 1 aliphatic heterocycles. The van der Waals surface area contributed by atoms with Crippen molar-refractivity contribution in [3.05, 3.63) is 29.6 Å². The molecular weight excluding hydrogens is 244 g/mol. The predicted molar refractivity (Wildman–Crippen MR) is 70.1 cm³/mol. The van der Waals surface area contributed by atoms with E-state index in [1.807, 2.05) is 0 Å². The van der Waals surface area contributed by atoms with Crippen molar-refractivity contribution in [2.75, 3.05) is 13.1 Å². The van der Waals surface area contributed by atoms with Gasteiger partial charge in [-0.25, -0.2) is 4.79 Å². The van der Waals surface area contributed by atoms with Crippen molar-refractivity contribution in [1.82, 2.24) is 9.88 Å². The SMILES string of the molecule is CC1(C)CCN(C(=O)c2ccc(C(=O)O)cn2)CC1. The summed E-state index contributed by atoms with van der Waals surface area (Å²) in [5, 5.41) is 8.79. The Morgan fingerprint density at radius 1 is 1.26 bits per heavy atom. The number of carboxylic acids is 1. The van der Waals surface area contributed by atoms with Crippen LogP contribution in [-0.2, 0) is 0 Å². The molecule has 0 saturated carbocycles. The fraction of sp³-hybridized carbons (Fsp3) is 0.500. The zero-order valence-corrected chi connectivity index (χ0v) is 11.2. The number of hydrogen-bond acceptors (Lipinski definition) is 3. The Balaban J connectivity index is 2.06. The molecule has 1 fully saturated rings. The first-order chi connectivity index (χ1) is 8.89. The van der Waals surface area contributed by atoms with E-state index in [2.05, 4.69) is 18.8 Å². The van der Waals surface area contributed by atoms with Crippen LogP contribution in [0.25, 0.3) is 0 Å². The Labute approximate surface area is 112 Å². The van der Waals surface area contributed by atoms with Crippen LogP contribution < -0.4 is 0 Å². The summed E-state index contributed by atoms with van der Waals surface area (Å²) in [5.41, 5.74) is 0.693. The fourth-order valence-corrected chi connectivity index (χ4v) is 2.12. The van der Waals surface area contributed by atoms with E-state index >= 15 is 0 Å². The number of pyridine rings is 1. The summed E-state index contributed by atoms with van der Waals surface area (Å²) in [7, 11) is 0. The van der Waals surface area contributed by atoms with Gasteiger partial charge in [0.1, 0.15) is 5.69 Å². The lowest BCUT2D eigenvalue weighted by atomic mass is 9.82. The van der Waals surface area contributed by atoms with Crippen LogP contribution in [0, 0.1) is 5.41 Å². The summed E-state index contributed by atoms with van der Waals surface area (Å²) < 4.78 is 0. The van der Waals surface area contributed by atoms with Gasteiger partial charge in [0.05, 0.1) is 5.56 Å². The van der Waals surface area contributed by atoms with E-state index in [1.165, 1.54) is 18.3 Å². The monoisotopic (exact) mass is 262 g/mol. The van der Waals surface area contributed by atoms with Gasteiger partial charge in [0.15, 0.2) is 0 Å². The number of carbonyl (C=O) groups excluding carboxylic acids is 1. The van der Waals surface area contributed by atoms with Gasteiger partial charge in [-0.15, -0.1) is 0 Å². The van der Waals surface area contributed by atoms with Crippen LogP contribution in [0.15, 0.2) is 18.3 Å². The van der Waals surface area contributed by atoms with E-state index in [1.54, 1.807) is 4.90 Å². The topological polar surface area (TPSA) is 70.5 Å². The highest BCUT2D eigenvalue weighted by atomic mass is 16.4. The van der Waals surface area contributed by atoms with Gasteiger partial charge in [-0.3, -0.25) is 9.78 Å². The van der Waals surface area contributed by atoms with Gasteiger partial charge >= 0.3 is 5.97 Å². The molecule has 0 aromatic carbocycles. The van der Waals surface area contributed by atoms with Gasteiger partial charge in [0.25, 0.3) is 5.91 Å². The normalized spacial score (nSPS) is 18.1. The van der Waals surface area contributed by atoms with Crippen molar-refractivity contribution in [3.8, 4) is 0 Å². The second-order valence-electron chi connectivity index (χ2n) is 5.69. The smallest absolute Gasteiger partial charge is 0.337 e. The average Bonchev–Trinajstić information content (AvgIpc) is 2.38. The van der Waals surface area contributed by atoms with Crippen molar-refractivity contribution in [1.29, 1.82) is 0 Å². The standard InChI is InChI=1S/C14H18N2O3/c1-14(2)5-7-16(8-6-14)12(17)11-4-3-10(9-15-11)13(18)19/h3-4,9H,5-8H2,1-2H3,(H,18,19). The lowest BCUT2D eigenvalue weighted by Gasteiger charge is -2.36. The number of likely N-dealkylation sites (tertiary alicyclic amines) is 1. The zero-order chi connectivity index (χ0) is 14.0. The Morgan fingerprint density at radius 3 is 2.37 bits per heavy atom. The maximum absolute atomic E-state index is 12.2. The molecule has 2 heterocycles. The van der Waals surface area contributed by atoms with Gasteiger partial charge in [0, 0.05) is 19.3 Å². The van der Waals surface area contributed by atoms with Gasteiger partial charge in [0.2, 0.25) is 0 Å². The molecule has 1 amide bonds. The van der Waals surface area contributed by atoms with E-state index in [4.69, 9.17) is 5.11 Å². The Bertz CT molecular complexity index is 484. The van der Waals surface area contributed by atoms with Crippen molar-refractivity contribution in [3.63, 3.8) is 0 Å². The molecule has 0 atom stereocenters. The van der Waals surface area contributed by atoms with Crippen molar-refractivity contribution >= 4 is 11.9 Å². The van der Waals surface area contributed by atoms with Crippen LogP contribution in [-0.4, -0.2) is 40.0 Å². The number of piperidine rings is 1. The summed E-state index contributed by atoms with van der Waals surface area (Å²) in [6, 6.07) is 2.89. The number of aromatic nitrogens is 1. The summed E-state index contributed by atoms with van der Waals surface area (Å²) in [6.07, 6.45) is 3.18. The number of nitrogens with zero attached hydrogens (tertiary/aromatic N) is 2. The molecule has 1 aliphatic rings. The minimum absolute atomic E-state index is 0.0938. The zero-order valence-electron chi connectivity index (χ0n) is 11.2. The van der Waals surface area contributed by atoms with Crippen molar-refractivity contribution < 1.29 is 14.7 Å². The van der Waals surface area contributed by atoms with Crippen LogP contribution in [0.1, 0.15) is 47.5 Å². The third-order valence-electron chi connectivity index (χ3n) is 3.63. The number of carbonyl (C=O) groups is 2. The first kappa shape index (κ1) is 13.5. The first-order valence-electron chi connectivity index (χ1n) is 6.38. The van der Waals surface area contributed by atoms with Crippen LogP contribution >= 0.6 is 0 Å². The third kappa shape index (κ3) is 3.10. The predicted octanol–water partition coefficient (Wildman–Crippen LogP) is 2.04. The average molecular weight is 262 g/mol. The molecule has 0 aliphatic carbocycles. The van der Waals surface area contributed by atoms with E-state index in [-0.39, 0.29) is 16.9 Å². The van der Waals surface area contributed by atoms with Crippen LogP contribution in [0.5, 0.6) is 0 Å². The Morgan fingerprint density at radius 2 is 1.89 bits per heavy atom. The number of amides is 1. The van der Waals surface area contributed by atoms with Crippen molar-refractivity contribution in [2.45, 2.75) is 26.7 Å². The molecule has 102 valence electrons. The Hall–Kier alpha value is -1.91. The van der Waals surface area contributed by atoms with E-state index in [0.717, 1.165) is 25.9 Å². The fourth-order valence-electron chi connectivity index (χ4n) is 2.12. The first-order valence-corrected chi connectivity index (χ1v) is 6.38. The molecule has 19 heavy (non-hydrogen) atoms. The maximum atomic E-state index is 12.2. The quantitative estimate of drug-likeness (QED) is 0.885. The highest BCUT2D eigenvalue weighted by Gasteiger charge is 2.28. The summed E-state index contributed by atoms with van der Waals surface area (Å²) in [6.45, 7) is 5.87. The molecule has 1 aromatic rings. The van der Waals surface area contributed by atoms with Crippen LogP contribution in [0.3, 0.4) is 0 Å². The summed E-state index contributed by atoms with van der Waals surface area (Å²) in [4.78, 5) is 28.7. The lowest BCUT2D eigenvalue weighted by molar-refractivity contribution is 0.0621. The number of carboxylic acid groups (broad SMARTS) is 1. The van der Waals surface area contributed by atoms with Crippen LogP contribution in [0.4, 0.5) is 0 Å². The molecule has 1 saturated heterocycles. The van der Waals surface area contributed by atoms with E-state index in [9.17, 15) is 9.59 Å². The molecule has 0 unspecified atom stereocenters. The lowest BCUT2D eigenvalue weighted by Crippen LogP contribution is -2.41. The van der Waals surface area contributed by atoms with Crippen molar-refractivity contribution in [2.24, 2.45) is 5.41 Å². The number of aromatic carboxylic acids is 1. The Kier molecular flexibility index (Phi) is 3.55. The largest absolute Gasteiger partial charge is 0.478 e. The minimum Gasteiger partial charge on any atom is -0.478 e. The van der Waals surface area contributed by atoms with Crippen LogP contribution in [0.2, 0.25) is 0 Å². The van der Waals surface area contributed by atoms with Gasteiger partial charge in [-0.1, -0.05) is 13.8 Å². The summed E-state index contributed by atoms with van der Waals surface area (Å²) >= 11 is 0. The van der Waals surface area contributed by atoms with E-state index < -0.39 is 5.97 Å². The highest BCUT2D eigenvalue weighted by molar-refractivity contribution is 5.93.